The molecule has 1 aromatic carbocycles. The Morgan fingerprint density at radius 1 is 1.43 bits per heavy atom. The van der Waals surface area contributed by atoms with Crippen LogP contribution < -0.4 is 4.74 Å². The summed E-state index contributed by atoms with van der Waals surface area (Å²) in [7, 11) is 3.51. The fraction of sp³-hybridized carbons (Fsp3) is 0.357. The van der Waals surface area contributed by atoms with Gasteiger partial charge in [0.25, 0.3) is 0 Å². The minimum absolute atomic E-state index is 0.175. The van der Waals surface area contributed by atoms with Crippen LogP contribution in [0, 0.1) is 0 Å². The average Bonchev–Trinajstić information content (AvgIpc) is 3.07. The molecule has 1 unspecified atom stereocenters. The molecule has 3 rings (SSSR count). The molecule has 110 valence electrons. The molecule has 1 aliphatic heterocycles. The van der Waals surface area contributed by atoms with Crippen molar-refractivity contribution in [2.45, 2.75) is 16.8 Å². The van der Waals surface area contributed by atoms with Gasteiger partial charge in [-0.15, -0.1) is 10.2 Å². The Kier molecular flexibility index (Phi) is 3.83. The number of methoxy groups -OCH3 is 1. The predicted molar refractivity (Wildman–Crippen MR) is 78.2 cm³/mol. The summed E-state index contributed by atoms with van der Waals surface area (Å²) in [4.78, 5) is 11.5. The monoisotopic (exact) mass is 305 g/mol. The number of hydrogen-bond acceptors (Lipinski definition) is 6. The molecule has 6 nitrogen and oxygen atoms in total. The van der Waals surface area contributed by atoms with E-state index in [0.29, 0.717) is 18.2 Å². The van der Waals surface area contributed by atoms with Gasteiger partial charge in [-0.2, -0.15) is 0 Å². The van der Waals surface area contributed by atoms with E-state index in [1.54, 1.807) is 7.11 Å². The van der Waals surface area contributed by atoms with Crippen molar-refractivity contribution >= 4 is 17.7 Å². The Morgan fingerprint density at radius 3 is 3.00 bits per heavy atom. The minimum Gasteiger partial charge on any atom is -0.497 e. The number of esters is 1. The van der Waals surface area contributed by atoms with Crippen LogP contribution in [0.1, 0.15) is 6.42 Å². The van der Waals surface area contributed by atoms with Crippen LogP contribution in [0.4, 0.5) is 0 Å². The number of carbonyl (C=O) groups excluding carboxylic acids is 1. The number of rotatable bonds is 4. The van der Waals surface area contributed by atoms with Crippen LogP contribution in [0.3, 0.4) is 0 Å². The van der Waals surface area contributed by atoms with Crippen molar-refractivity contribution in [3.8, 4) is 17.1 Å². The lowest BCUT2D eigenvalue weighted by molar-refractivity contribution is -0.137. The molecule has 0 radical (unpaired) electrons. The standard InChI is InChI=1S/C14H15N3O3S/c1-17-12(9-4-3-5-10(8-9)19-2)15-16-14(17)21-11-6-7-20-13(11)18/h3-5,8,11H,6-7H2,1-2H3. The molecular formula is C14H15N3O3S. The highest BCUT2D eigenvalue weighted by Crippen LogP contribution is 2.30. The highest BCUT2D eigenvalue weighted by atomic mass is 32.2. The summed E-state index contributed by atoms with van der Waals surface area (Å²) >= 11 is 1.39. The van der Waals surface area contributed by atoms with E-state index < -0.39 is 0 Å². The van der Waals surface area contributed by atoms with Gasteiger partial charge in [0, 0.05) is 19.0 Å². The topological polar surface area (TPSA) is 66.2 Å². The van der Waals surface area contributed by atoms with Crippen molar-refractivity contribution in [1.82, 2.24) is 14.8 Å². The number of nitrogens with zero attached hydrogens (tertiary/aromatic N) is 3. The molecule has 21 heavy (non-hydrogen) atoms. The summed E-state index contributed by atoms with van der Waals surface area (Å²) in [5.41, 5.74) is 0.921. The van der Waals surface area contributed by atoms with Crippen LogP contribution in [0.15, 0.2) is 29.4 Å². The SMILES string of the molecule is COc1cccc(-c2nnc(SC3CCOC3=O)n2C)c1. The highest BCUT2D eigenvalue weighted by molar-refractivity contribution is 8.00. The van der Waals surface area contributed by atoms with Crippen LogP contribution in [0.5, 0.6) is 5.75 Å². The first-order chi connectivity index (χ1) is 10.2. The molecule has 2 aromatic rings. The maximum atomic E-state index is 11.5. The second-order valence-electron chi connectivity index (χ2n) is 4.66. The van der Waals surface area contributed by atoms with E-state index in [1.807, 2.05) is 35.9 Å². The average molecular weight is 305 g/mol. The zero-order valence-electron chi connectivity index (χ0n) is 11.8. The predicted octanol–water partition coefficient (Wildman–Crippen LogP) is 1.90. The Labute approximate surface area is 126 Å². The van der Waals surface area contributed by atoms with Crippen molar-refractivity contribution < 1.29 is 14.3 Å². The van der Waals surface area contributed by atoms with Gasteiger partial charge >= 0.3 is 5.97 Å². The highest BCUT2D eigenvalue weighted by Gasteiger charge is 2.29. The van der Waals surface area contributed by atoms with E-state index in [9.17, 15) is 4.79 Å². The zero-order valence-corrected chi connectivity index (χ0v) is 12.6. The Morgan fingerprint density at radius 2 is 2.29 bits per heavy atom. The van der Waals surface area contributed by atoms with Gasteiger partial charge in [0.05, 0.1) is 13.7 Å². The molecule has 0 N–H and O–H groups in total. The molecule has 1 saturated heterocycles. The first kappa shape index (κ1) is 13.9. The molecular weight excluding hydrogens is 290 g/mol. The molecule has 2 heterocycles. The van der Waals surface area contributed by atoms with Gasteiger partial charge < -0.3 is 14.0 Å². The number of thioether (sulfide) groups is 1. The van der Waals surface area contributed by atoms with Crippen molar-refractivity contribution in [2.24, 2.45) is 7.05 Å². The Balaban J connectivity index is 1.86. The summed E-state index contributed by atoms with van der Waals surface area (Å²) in [6.45, 7) is 0.483. The lowest BCUT2D eigenvalue weighted by Crippen LogP contribution is -2.10. The van der Waals surface area contributed by atoms with Crippen LogP contribution in [-0.4, -0.2) is 39.7 Å². The molecule has 0 aliphatic carbocycles. The third-order valence-electron chi connectivity index (χ3n) is 3.30. The van der Waals surface area contributed by atoms with Gasteiger partial charge in [-0.1, -0.05) is 23.9 Å². The van der Waals surface area contributed by atoms with Crippen LogP contribution in [-0.2, 0) is 16.6 Å². The zero-order chi connectivity index (χ0) is 14.8. The fourth-order valence-electron chi connectivity index (χ4n) is 2.14. The quantitative estimate of drug-likeness (QED) is 0.804. The normalized spacial score (nSPS) is 17.8. The molecule has 7 heteroatoms. The maximum absolute atomic E-state index is 11.5. The summed E-state index contributed by atoms with van der Waals surface area (Å²) in [5, 5.41) is 8.90. The molecule has 0 saturated carbocycles. The summed E-state index contributed by atoms with van der Waals surface area (Å²) in [5.74, 6) is 1.33. The molecule has 1 aliphatic rings. The van der Waals surface area contributed by atoms with Crippen LogP contribution in [0.25, 0.3) is 11.4 Å². The van der Waals surface area contributed by atoms with E-state index in [2.05, 4.69) is 10.2 Å². The van der Waals surface area contributed by atoms with Gasteiger partial charge in [0.15, 0.2) is 11.0 Å². The second kappa shape index (κ2) is 5.77. The number of aromatic nitrogens is 3. The molecule has 0 amide bonds. The Bertz CT molecular complexity index is 671. The molecule has 1 atom stereocenters. The number of benzene rings is 1. The van der Waals surface area contributed by atoms with Gasteiger partial charge in [0.2, 0.25) is 0 Å². The molecule has 0 spiro atoms. The summed E-state index contributed by atoms with van der Waals surface area (Å²) in [6.07, 6.45) is 0.713. The van der Waals surface area contributed by atoms with E-state index in [-0.39, 0.29) is 11.2 Å². The number of ether oxygens (including phenoxy) is 2. The second-order valence-corrected chi connectivity index (χ2v) is 5.83. The smallest absolute Gasteiger partial charge is 0.319 e. The summed E-state index contributed by atoms with van der Waals surface area (Å²) < 4.78 is 12.1. The van der Waals surface area contributed by atoms with Crippen molar-refractivity contribution in [3.05, 3.63) is 24.3 Å². The fourth-order valence-corrected chi connectivity index (χ4v) is 3.11. The van der Waals surface area contributed by atoms with Crippen molar-refractivity contribution in [1.29, 1.82) is 0 Å². The summed E-state index contributed by atoms with van der Waals surface area (Å²) in [6, 6.07) is 7.64. The van der Waals surface area contributed by atoms with Crippen molar-refractivity contribution in [3.63, 3.8) is 0 Å². The largest absolute Gasteiger partial charge is 0.497 e. The van der Waals surface area contributed by atoms with E-state index in [4.69, 9.17) is 9.47 Å². The molecule has 0 bridgehead atoms. The lowest BCUT2D eigenvalue weighted by atomic mass is 10.2. The van der Waals surface area contributed by atoms with Crippen LogP contribution >= 0.6 is 11.8 Å². The number of cyclic esters (lactones) is 1. The molecule has 1 aromatic heterocycles. The maximum Gasteiger partial charge on any atom is 0.319 e. The first-order valence-corrected chi connectivity index (χ1v) is 7.44. The molecule has 1 fully saturated rings. The van der Waals surface area contributed by atoms with Crippen LogP contribution in [0.2, 0.25) is 0 Å². The number of hydrogen-bond donors (Lipinski definition) is 0. The van der Waals surface area contributed by atoms with E-state index >= 15 is 0 Å². The number of carbonyl (C=O) groups is 1. The third-order valence-corrected chi connectivity index (χ3v) is 4.58. The van der Waals surface area contributed by atoms with Crippen molar-refractivity contribution in [2.75, 3.05) is 13.7 Å². The van der Waals surface area contributed by atoms with Gasteiger partial charge in [-0.25, -0.2) is 0 Å². The van der Waals surface area contributed by atoms with E-state index in [1.165, 1.54) is 11.8 Å². The van der Waals surface area contributed by atoms with E-state index in [0.717, 1.165) is 17.1 Å². The lowest BCUT2D eigenvalue weighted by Gasteiger charge is -2.07. The van der Waals surface area contributed by atoms with Gasteiger partial charge in [-0.05, 0) is 12.1 Å². The van der Waals surface area contributed by atoms with Gasteiger partial charge in [0.1, 0.15) is 11.0 Å². The Hall–Kier alpha value is -2.02. The third kappa shape index (κ3) is 2.73. The first-order valence-electron chi connectivity index (χ1n) is 6.56. The minimum atomic E-state index is -0.189. The van der Waals surface area contributed by atoms with Gasteiger partial charge in [-0.3, -0.25) is 4.79 Å².